The lowest BCUT2D eigenvalue weighted by Gasteiger charge is -2.35. The molecule has 0 saturated carbocycles. The van der Waals surface area contributed by atoms with Gasteiger partial charge in [0.2, 0.25) is 0 Å². The Morgan fingerprint density at radius 3 is 1.68 bits per heavy atom. The van der Waals surface area contributed by atoms with Gasteiger partial charge in [0.15, 0.2) is 0 Å². The maximum atomic E-state index is 6.24. The summed E-state index contributed by atoms with van der Waals surface area (Å²) in [4.78, 5) is 2.16. The second-order valence-corrected chi connectivity index (χ2v) is 8.92. The van der Waals surface area contributed by atoms with Crippen LogP contribution in [0, 0.1) is 11.8 Å². The average Bonchev–Trinajstić information content (AvgIpc) is 2.62. The average molecular weight is 404 g/mol. The van der Waals surface area contributed by atoms with Crippen molar-refractivity contribution in [3.05, 3.63) is 66.2 Å². The first-order valence-electron chi connectivity index (χ1n) is 10.2. The van der Waals surface area contributed by atoms with E-state index in [1.54, 1.807) is 0 Å². The number of rotatable bonds is 9. The predicted octanol–water partition coefficient (Wildman–Crippen LogP) is 6.88. The monoisotopic (exact) mass is 403 g/mol. The molecule has 3 heteroatoms. The van der Waals surface area contributed by atoms with Gasteiger partial charge in [-0.2, -0.15) is 0 Å². The Labute approximate surface area is 177 Å². The Hall–Kier alpha value is -1.51. The zero-order valence-corrected chi connectivity index (χ0v) is 19.2. The van der Waals surface area contributed by atoms with Gasteiger partial charge in [0.1, 0.15) is 11.4 Å². The summed E-state index contributed by atoms with van der Waals surface area (Å²) >= 11 is 6.24. The minimum Gasteiger partial charge on any atom is -0.486 e. The molecule has 2 aromatic rings. The van der Waals surface area contributed by atoms with Crippen LogP contribution in [0.3, 0.4) is 0 Å². The maximum absolute atomic E-state index is 6.24. The minimum atomic E-state index is -0.245. The highest BCUT2D eigenvalue weighted by atomic mass is 35.5. The summed E-state index contributed by atoms with van der Waals surface area (Å²) in [6.45, 7) is 9.90. The van der Waals surface area contributed by atoms with Crippen molar-refractivity contribution in [3.8, 4) is 5.75 Å². The predicted molar refractivity (Wildman–Crippen MR) is 123 cm³/mol. The molecule has 0 spiro atoms. The summed E-state index contributed by atoms with van der Waals surface area (Å²) in [6, 6.07) is 20.5. The van der Waals surface area contributed by atoms with Crippen LogP contribution in [0.2, 0.25) is 0 Å². The molecule has 0 amide bonds. The first-order chi connectivity index (χ1) is 13.3. The fourth-order valence-electron chi connectivity index (χ4n) is 3.48. The summed E-state index contributed by atoms with van der Waals surface area (Å²) in [5.74, 6) is 2.61. The van der Waals surface area contributed by atoms with Crippen LogP contribution < -0.4 is 4.74 Å². The lowest BCUT2D eigenvalue weighted by molar-refractivity contribution is 0.0479. The summed E-state index contributed by atoms with van der Waals surface area (Å²) < 4.78 is 6.24. The van der Waals surface area contributed by atoms with Crippen molar-refractivity contribution in [3.63, 3.8) is 0 Å². The molecule has 0 unspecified atom stereocenters. The van der Waals surface area contributed by atoms with Crippen LogP contribution in [-0.2, 0) is 6.54 Å². The first kappa shape index (κ1) is 24.5. The number of benzene rings is 2. The summed E-state index contributed by atoms with van der Waals surface area (Å²) in [5, 5.41) is 0. The van der Waals surface area contributed by atoms with E-state index in [-0.39, 0.29) is 5.60 Å². The van der Waals surface area contributed by atoms with Gasteiger partial charge in [0, 0.05) is 6.54 Å². The van der Waals surface area contributed by atoms with E-state index in [1.807, 2.05) is 36.4 Å². The first-order valence-corrected chi connectivity index (χ1v) is 10.8. The smallest absolute Gasteiger partial charge is 0.123 e. The van der Waals surface area contributed by atoms with Crippen LogP contribution in [0.4, 0.5) is 0 Å². The molecule has 0 aromatic heterocycles. The molecule has 0 aliphatic rings. The molecular weight excluding hydrogens is 366 g/mol. The van der Waals surface area contributed by atoms with Crippen LogP contribution in [0.5, 0.6) is 5.75 Å². The van der Waals surface area contributed by atoms with Gasteiger partial charge < -0.3 is 9.64 Å². The Balaban J connectivity index is 0.000000330. The van der Waals surface area contributed by atoms with Crippen molar-refractivity contribution in [2.24, 2.45) is 11.8 Å². The number of hydrogen-bond donors (Lipinski definition) is 0. The third-order valence-corrected chi connectivity index (χ3v) is 4.71. The van der Waals surface area contributed by atoms with Crippen molar-refractivity contribution in [2.45, 2.75) is 52.7 Å². The number of ether oxygens (including phenoxy) is 1. The SMILES string of the molecule is CC(C)CC(CCl)(CC(C)C)Oc1ccccc1.CN(C)Cc1ccccc1. The van der Waals surface area contributed by atoms with E-state index in [1.165, 1.54) is 5.56 Å². The summed E-state index contributed by atoms with van der Waals surface area (Å²) in [5.41, 5.74) is 1.12. The molecule has 0 fully saturated rings. The van der Waals surface area contributed by atoms with Gasteiger partial charge in [-0.3, -0.25) is 0 Å². The second kappa shape index (κ2) is 12.9. The number of alkyl halides is 1. The van der Waals surface area contributed by atoms with Crippen LogP contribution in [0.15, 0.2) is 60.7 Å². The van der Waals surface area contributed by atoms with E-state index in [4.69, 9.17) is 16.3 Å². The quantitative estimate of drug-likeness (QED) is 0.423. The molecule has 0 heterocycles. The van der Waals surface area contributed by atoms with Crippen molar-refractivity contribution in [2.75, 3.05) is 20.0 Å². The molecule has 0 N–H and O–H groups in total. The van der Waals surface area contributed by atoms with E-state index in [0.29, 0.717) is 17.7 Å². The van der Waals surface area contributed by atoms with Crippen molar-refractivity contribution >= 4 is 11.6 Å². The topological polar surface area (TPSA) is 12.5 Å². The molecule has 0 aliphatic carbocycles. The Morgan fingerprint density at radius 2 is 1.29 bits per heavy atom. The second-order valence-electron chi connectivity index (χ2n) is 8.65. The molecule has 0 saturated heterocycles. The number of hydrogen-bond acceptors (Lipinski definition) is 2. The largest absolute Gasteiger partial charge is 0.486 e. The fraction of sp³-hybridized carbons (Fsp3) is 0.520. The fourth-order valence-corrected chi connectivity index (χ4v) is 3.75. The van der Waals surface area contributed by atoms with Crippen molar-refractivity contribution < 1.29 is 4.74 Å². The molecule has 2 nitrogen and oxygen atoms in total. The van der Waals surface area contributed by atoms with E-state index in [9.17, 15) is 0 Å². The van der Waals surface area contributed by atoms with Crippen molar-refractivity contribution in [1.82, 2.24) is 4.90 Å². The van der Waals surface area contributed by atoms with Crippen LogP contribution in [-0.4, -0.2) is 30.5 Å². The molecule has 0 bridgehead atoms. The lowest BCUT2D eigenvalue weighted by Crippen LogP contribution is -2.41. The van der Waals surface area contributed by atoms with Gasteiger partial charge in [-0.25, -0.2) is 0 Å². The van der Waals surface area contributed by atoms with Gasteiger partial charge in [-0.1, -0.05) is 76.2 Å². The normalized spacial score (nSPS) is 11.5. The molecular formula is C25H38ClNO. The molecule has 2 rings (SSSR count). The van der Waals surface area contributed by atoms with Gasteiger partial charge in [-0.15, -0.1) is 11.6 Å². The standard InChI is InChI=1S/C16H25ClO.C9H13N/c1-13(2)10-16(12-17,11-14(3)4)18-15-8-6-5-7-9-15;1-10(2)8-9-6-4-3-5-7-9/h5-9,13-14H,10-12H2,1-4H3;3-7H,8H2,1-2H3. The number of halogens is 1. The van der Waals surface area contributed by atoms with Crippen LogP contribution >= 0.6 is 11.6 Å². The van der Waals surface area contributed by atoms with E-state index >= 15 is 0 Å². The Bertz CT molecular complexity index is 616. The maximum Gasteiger partial charge on any atom is 0.123 e. The third kappa shape index (κ3) is 10.1. The van der Waals surface area contributed by atoms with Crippen LogP contribution in [0.25, 0.3) is 0 Å². The lowest BCUT2D eigenvalue weighted by atomic mass is 9.86. The van der Waals surface area contributed by atoms with E-state index in [2.05, 4.69) is 71.0 Å². The number of nitrogens with zero attached hydrogens (tertiary/aromatic N) is 1. The summed E-state index contributed by atoms with van der Waals surface area (Å²) in [7, 11) is 4.15. The zero-order chi connectivity index (χ0) is 21.0. The third-order valence-electron chi connectivity index (χ3n) is 4.22. The number of para-hydroxylation sites is 1. The molecule has 0 radical (unpaired) electrons. The van der Waals surface area contributed by atoms with Gasteiger partial charge in [-0.05, 0) is 56.5 Å². The molecule has 156 valence electrons. The minimum absolute atomic E-state index is 0.245. The van der Waals surface area contributed by atoms with E-state index in [0.717, 1.165) is 25.1 Å². The Kier molecular flexibility index (Phi) is 11.3. The molecule has 2 aromatic carbocycles. The zero-order valence-electron chi connectivity index (χ0n) is 18.5. The molecule has 28 heavy (non-hydrogen) atoms. The highest BCUT2D eigenvalue weighted by Gasteiger charge is 2.33. The summed E-state index contributed by atoms with van der Waals surface area (Å²) in [6.07, 6.45) is 1.98. The van der Waals surface area contributed by atoms with Gasteiger partial charge in [0.25, 0.3) is 0 Å². The Morgan fingerprint density at radius 1 is 0.821 bits per heavy atom. The molecule has 0 aliphatic heterocycles. The van der Waals surface area contributed by atoms with Crippen molar-refractivity contribution in [1.29, 1.82) is 0 Å². The van der Waals surface area contributed by atoms with Crippen LogP contribution in [0.1, 0.15) is 46.1 Å². The highest BCUT2D eigenvalue weighted by molar-refractivity contribution is 6.18. The molecule has 0 atom stereocenters. The van der Waals surface area contributed by atoms with Gasteiger partial charge >= 0.3 is 0 Å². The van der Waals surface area contributed by atoms with Gasteiger partial charge in [0.05, 0.1) is 5.88 Å². The van der Waals surface area contributed by atoms with E-state index < -0.39 is 0 Å². The highest BCUT2D eigenvalue weighted by Crippen LogP contribution is 2.32.